The summed E-state index contributed by atoms with van der Waals surface area (Å²) in [4.78, 5) is 19.1. The lowest BCUT2D eigenvalue weighted by Gasteiger charge is -2.32. The highest BCUT2D eigenvalue weighted by Crippen LogP contribution is 2.33. The van der Waals surface area contributed by atoms with Crippen LogP contribution in [-0.2, 0) is 14.3 Å². The minimum atomic E-state index is -1.26. The van der Waals surface area contributed by atoms with E-state index in [0.29, 0.717) is 25.4 Å². The molecule has 31 heavy (non-hydrogen) atoms. The molecule has 0 saturated carbocycles. The molecule has 1 aliphatic rings. The molecular weight excluding hydrogens is 402 g/mol. The summed E-state index contributed by atoms with van der Waals surface area (Å²) >= 11 is 0. The van der Waals surface area contributed by atoms with Crippen molar-refractivity contribution >= 4 is 11.9 Å². The summed E-state index contributed by atoms with van der Waals surface area (Å²) in [5.74, 6) is -1.00. The molecule has 0 aliphatic carbocycles. The van der Waals surface area contributed by atoms with Crippen molar-refractivity contribution in [3.8, 4) is 11.5 Å². The number of carbonyl (C=O) groups is 2. The Morgan fingerprint density at radius 2 is 1.68 bits per heavy atom. The zero-order chi connectivity index (χ0) is 22.5. The second-order valence-corrected chi connectivity index (χ2v) is 6.45. The summed E-state index contributed by atoms with van der Waals surface area (Å²) in [6.45, 7) is 4.94. The predicted molar refractivity (Wildman–Crippen MR) is 114 cm³/mol. The summed E-state index contributed by atoms with van der Waals surface area (Å²) in [5.41, 5.74) is 1.10. The van der Waals surface area contributed by atoms with Crippen molar-refractivity contribution in [2.24, 2.45) is 0 Å². The highest BCUT2D eigenvalue weighted by atomic mass is 16.6. The van der Waals surface area contributed by atoms with E-state index in [1.807, 2.05) is 49.4 Å². The molecule has 1 saturated heterocycles. The van der Waals surface area contributed by atoms with Gasteiger partial charge in [-0.2, -0.15) is 0 Å². The van der Waals surface area contributed by atoms with Gasteiger partial charge in [0.15, 0.2) is 17.6 Å². The van der Waals surface area contributed by atoms with E-state index in [-0.39, 0.29) is 12.2 Å². The van der Waals surface area contributed by atoms with Gasteiger partial charge in [-0.05, 0) is 24.6 Å². The smallest absolute Gasteiger partial charge is 0.328 e. The molecule has 2 aromatic rings. The number of hydrogen-bond donors (Lipinski definition) is 3. The van der Waals surface area contributed by atoms with Gasteiger partial charge in [-0.15, -0.1) is 0 Å². The Morgan fingerprint density at radius 3 is 2.23 bits per heavy atom. The average Bonchev–Trinajstić information content (AvgIpc) is 2.79. The summed E-state index contributed by atoms with van der Waals surface area (Å²) in [5, 5.41) is 19.0. The normalized spacial score (nSPS) is 16.6. The quantitative estimate of drug-likeness (QED) is 0.549. The Hall–Kier alpha value is -3.36. The van der Waals surface area contributed by atoms with Crippen molar-refractivity contribution < 1.29 is 34.0 Å². The number of morpholine rings is 1. The molecule has 1 heterocycles. The van der Waals surface area contributed by atoms with Crippen LogP contribution in [0.1, 0.15) is 18.6 Å². The number of carboxylic acids is 2. The predicted octanol–water partition coefficient (Wildman–Crippen LogP) is 2.91. The molecule has 8 heteroatoms. The van der Waals surface area contributed by atoms with E-state index < -0.39 is 11.9 Å². The van der Waals surface area contributed by atoms with E-state index in [9.17, 15) is 9.59 Å². The molecule has 0 spiro atoms. The molecule has 166 valence electrons. The first kappa shape index (κ1) is 23.9. The third kappa shape index (κ3) is 8.49. The molecular formula is C23H27NO7. The molecule has 8 nitrogen and oxygen atoms in total. The van der Waals surface area contributed by atoms with Gasteiger partial charge in [-0.1, -0.05) is 42.5 Å². The van der Waals surface area contributed by atoms with Crippen LogP contribution in [0, 0.1) is 0 Å². The number of ether oxygens (including phenoxy) is 3. The summed E-state index contributed by atoms with van der Waals surface area (Å²) in [6.07, 6.45) is 0.913. The number of benzene rings is 2. The van der Waals surface area contributed by atoms with E-state index in [1.54, 1.807) is 0 Å². The van der Waals surface area contributed by atoms with Crippen molar-refractivity contribution in [2.45, 2.75) is 19.1 Å². The van der Waals surface area contributed by atoms with E-state index in [2.05, 4.69) is 17.4 Å². The maximum Gasteiger partial charge on any atom is 0.328 e. The molecule has 1 aliphatic heterocycles. The van der Waals surface area contributed by atoms with Crippen LogP contribution in [0.4, 0.5) is 0 Å². The van der Waals surface area contributed by atoms with Crippen molar-refractivity contribution in [2.75, 3.05) is 26.3 Å². The minimum absolute atomic E-state index is 0.0270. The van der Waals surface area contributed by atoms with E-state index in [4.69, 9.17) is 24.4 Å². The molecule has 1 fully saturated rings. The average molecular weight is 429 g/mol. The first-order chi connectivity index (χ1) is 15.0. The first-order valence-electron chi connectivity index (χ1n) is 9.91. The molecule has 0 amide bonds. The lowest BCUT2D eigenvalue weighted by Crippen LogP contribution is -2.43. The lowest BCUT2D eigenvalue weighted by molar-refractivity contribution is -0.134. The molecule has 0 bridgehead atoms. The van der Waals surface area contributed by atoms with Gasteiger partial charge in [0, 0.05) is 25.2 Å². The van der Waals surface area contributed by atoms with Crippen molar-refractivity contribution in [3.63, 3.8) is 0 Å². The first-order valence-corrected chi connectivity index (χ1v) is 9.91. The Labute approximate surface area is 181 Å². The topological polar surface area (TPSA) is 114 Å². The molecule has 2 aromatic carbocycles. The molecule has 0 aromatic heterocycles. The lowest BCUT2D eigenvalue weighted by atomic mass is 10.0. The fourth-order valence-electron chi connectivity index (χ4n) is 2.88. The third-order valence-electron chi connectivity index (χ3n) is 4.19. The van der Waals surface area contributed by atoms with Crippen molar-refractivity contribution in [3.05, 3.63) is 72.3 Å². The van der Waals surface area contributed by atoms with Gasteiger partial charge >= 0.3 is 11.9 Å². The molecule has 0 unspecified atom stereocenters. The fraction of sp³-hybridized carbons (Fsp3) is 0.304. The van der Waals surface area contributed by atoms with E-state index in [1.165, 1.54) is 0 Å². The highest BCUT2D eigenvalue weighted by Gasteiger charge is 2.28. The molecule has 0 radical (unpaired) electrons. The second kappa shape index (κ2) is 13.0. The highest BCUT2D eigenvalue weighted by molar-refractivity contribution is 5.89. The van der Waals surface area contributed by atoms with Gasteiger partial charge in [0.2, 0.25) is 0 Å². The number of carboxylic acid groups (broad SMARTS) is 2. The standard InChI is InChI=1S/C19H23NO3.C4H4O4/c1-2-21-16-10-6-7-11-17(16)23-19(15-8-4-3-5-9-15)18-14-20-12-13-22-18;5-3(6)1-2-4(7)8/h3-11,18-20H,2,12-14H2,1H3;1-2H,(H,5,6)(H,7,8)/t18-,19-;/m0./s1. The van der Waals surface area contributed by atoms with Crippen LogP contribution >= 0.6 is 0 Å². The maximum atomic E-state index is 9.55. The zero-order valence-electron chi connectivity index (χ0n) is 17.3. The Balaban J connectivity index is 0.000000366. The Kier molecular flexibility index (Phi) is 10.1. The number of para-hydroxylation sites is 2. The second-order valence-electron chi connectivity index (χ2n) is 6.45. The largest absolute Gasteiger partial charge is 0.490 e. The molecule has 3 rings (SSSR count). The van der Waals surface area contributed by atoms with Gasteiger partial charge < -0.3 is 29.7 Å². The van der Waals surface area contributed by atoms with Gasteiger partial charge in [-0.25, -0.2) is 9.59 Å². The van der Waals surface area contributed by atoms with Crippen LogP contribution in [0.15, 0.2) is 66.7 Å². The van der Waals surface area contributed by atoms with Gasteiger partial charge in [-0.3, -0.25) is 0 Å². The van der Waals surface area contributed by atoms with Crippen LogP contribution in [-0.4, -0.2) is 54.6 Å². The monoisotopic (exact) mass is 429 g/mol. The maximum absolute atomic E-state index is 9.55. The zero-order valence-corrected chi connectivity index (χ0v) is 17.3. The van der Waals surface area contributed by atoms with Gasteiger partial charge in [0.1, 0.15) is 6.10 Å². The van der Waals surface area contributed by atoms with Crippen LogP contribution in [0.2, 0.25) is 0 Å². The van der Waals surface area contributed by atoms with Crippen LogP contribution in [0.5, 0.6) is 11.5 Å². The molecule has 3 N–H and O–H groups in total. The van der Waals surface area contributed by atoms with Crippen molar-refractivity contribution in [1.29, 1.82) is 0 Å². The molecule has 2 atom stereocenters. The number of hydrogen-bond acceptors (Lipinski definition) is 6. The Bertz CT molecular complexity index is 832. The van der Waals surface area contributed by atoms with Crippen LogP contribution in [0.25, 0.3) is 0 Å². The van der Waals surface area contributed by atoms with Crippen LogP contribution in [0.3, 0.4) is 0 Å². The number of aliphatic carboxylic acids is 2. The number of nitrogens with one attached hydrogen (secondary N) is 1. The van der Waals surface area contributed by atoms with Crippen LogP contribution < -0.4 is 14.8 Å². The third-order valence-corrected chi connectivity index (χ3v) is 4.19. The summed E-state index contributed by atoms with van der Waals surface area (Å²) in [7, 11) is 0. The van der Waals surface area contributed by atoms with Gasteiger partial charge in [0.05, 0.1) is 13.2 Å². The van der Waals surface area contributed by atoms with Gasteiger partial charge in [0.25, 0.3) is 0 Å². The Morgan fingerprint density at radius 1 is 1.06 bits per heavy atom. The number of rotatable bonds is 8. The fourth-order valence-corrected chi connectivity index (χ4v) is 2.88. The SMILES string of the molecule is CCOc1ccccc1O[C@@H](c1ccccc1)[C@@H]1CNCCO1.O=C(O)C=CC(=O)O. The van der Waals surface area contributed by atoms with E-state index in [0.717, 1.165) is 30.2 Å². The van der Waals surface area contributed by atoms with E-state index >= 15 is 0 Å². The minimum Gasteiger partial charge on any atom is -0.490 e. The summed E-state index contributed by atoms with van der Waals surface area (Å²) in [6, 6.07) is 18.0. The summed E-state index contributed by atoms with van der Waals surface area (Å²) < 4.78 is 18.0. The van der Waals surface area contributed by atoms with Crippen molar-refractivity contribution in [1.82, 2.24) is 5.32 Å².